The molecule has 1 saturated heterocycles. The molecule has 1 amide bonds. The predicted molar refractivity (Wildman–Crippen MR) is 57.8 cm³/mol. The Morgan fingerprint density at radius 2 is 2.43 bits per heavy atom. The molecule has 2 N–H and O–H groups in total. The van der Waals surface area contributed by atoms with E-state index in [4.69, 9.17) is 5.73 Å². The highest BCUT2D eigenvalue weighted by atomic mass is 16.2. The van der Waals surface area contributed by atoms with Gasteiger partial charge in [-0.3, -0.25) is 4.79 Å². The monoisotopic (exact) mass is 196 g/mol. The average molecular weight is 196 g/mol. The lowest BCUT2D eigenvalue weighted by atomic mass is 10.1. The molecule has 1 rings (SSSR count). The highest BCUT2D eigenvalue weighted by molar-refractivity contribution is 5.77. The molecular formula is C11H20N2O. The Labute approximate surface area is 86.0 Å². The van der Waals surface area contributed by atoms with Crippen molar-refractivity contribution in [3.05, 3.63) is 12.7 Å². The van der Waals surface area contributed by atoms with Crippen LogP contribution in [0, 0.1) is 5.92 Å². The minimum Gasteiger partial charge on any atom is -0.340 e. The molecule has 1 aliphatic heterocycles. The molecule has 2 atom stereocenters. The van der Waals surface area contributed by atoms with Gasteiger partial charge in [0.2, 0.25) is 5.91 Å². The number of hydrogen-bond acceptors (Lipinski definition) is 2. The van der Waals surface area contributed by atoms with E-state index in [0.717, 1.165) is 19.4 Å². The Hall–Kier alpha value is -0.830. The van der Waals surface area contributed by atoms with Crippen LogP contribution < -0.4 is 5.73 Å². The fourth-order valence-electron chi connectivity index (χ4n) is 2.03. The van der Waals surface area contributed by atoms with Crippen LogP contribution in [0.2, 0.25) is 0 Å². The minimum atomic E-state index is 0.244. The van der Waals surface area contributed by atoms with E-state index in [0.29, 0.717) is 24.9 Å². The Balaban J connectivity index is 2.43. The van der Waals surface area contributed by atoms with Crippen LogP contribution >= 0.6 is 0 Å². The summed E-state index contributed by atoms with van der Waals surface area (Å²) in [5, 5.41) is 0. The van der Waals surface area contributed by atoms with Gasteiger partial charge in [0.25, 0.3) is 0 Å². The third-order valence-corrected chi connectivity index (χ3v) is 2.88. The SMILES string of the molecule is C=CCCC(=O)N1CC(CN)CC1C. The third kappa shape index (κ3) is 2.58. The number of nitrogens with zero attached hydrogens (tertiary/aromatic N) is 1. The number of carbonyl (C=O) groups is 1. The lowest BCUT2D eigenvalue weighted by Gasteiger charge is -2.21. The first kappa shape index (κ1) is 11.2. The highest BCUT2D eigenvalue weighted by Crippen LogP contribution is 2.22. The van der Waals surface area contributed by atoms with Crippen LogP contribution in [0.5, 0.6) is 0 Å². The second-order valence-corrected chi connectivity index (χ2v) is 4.06. The highest BCUT2D eigenvalue weighted by Gasteiger charge is 2.30. The van der Waals surface area contributed by atoms with E-state index < -0.39 is 0 Å². The molecule has 0 saturated carbocycles. The Kier molecular flexibility index (Phi) is 4.14. The molecular weight excluding hydrogens is 176 g/mol. The number of allylic oxidation sites excluding steroid dienone is 1. The predicted octanol–water partition coefficient (Wildman–Crippen LogP) is 1.15. The molecule has 0 aromatic rings. The summed E-state index contributed by atoms with van der Waals surface area (Å²) in [6, 6.07) is 0.362. The van der Waals surface area contributed by atoms with Gasteiger partial charge in [-0.15, -0.1) is 6.58 Å². The van der Waals surface area contributed by atoms with Crippen molar-refractivity contribution in [3.63, 3.8) is 0 Å². The number of hydrogen-bond donors (Lipinski definition) is 1. The van der Waals surface area contributed by atoms with Crippen molar-refractivity contribution in [1.29, 1.82) is 0 Å². The lowest BCUT2D eigenvalue weighted by molar-refractivity contribution is -0.131. The van der Waals surface area contributed by atoms with Gasteiger partial charge < -0.3 is 10.6 Å². The summed E-state index contributed by atoms with van der Waals surface area (Å²) >= 11 is 0. The molecule has 80 valence electrons. The maximum absolute atomic E-state index is 11.7. The zero-order valence-corrected chi connectivity index (χ0v) is 8.91. The smallest absolute Gasteiger partial charge is 0.223 e. The quantitative estimate of drug-likeness (QED) is 0.686. The molecule has 1 fully saturated rings. The Morgan fingerprint density at radius 3 is 2.93 bits per heavy atom. The fraction of sp³-hybridized carbons (Fsp3) is 0.727. The summed E-state index contributed by atoms with van der Waals surface area (Å²) in [5.74, 6) is 0.742. The molecule has 3 nitrogen and oxygen atoms in total. The van der Waals surface area contributed by atoms with Crippen molar-refractivity contribution < 1.29 is 4.79 Å². The average Bonchev–Trinajstić information content (AvgIpc) is 2.56. The number of amides is 1. The van der Waals surface area contributed by atoms with Gasteiger partial charge in [-0.2, -0.15) is 0 Å². The second kappa shape index (κ2) is 5.15. The van der Waals surface area contributed by atoms with Gasteiger partial charge in [0.1, 0.15) is 0 Å². The van der Waals surface area contributed by atoms with Crippen LogP contribution in [0.1, 0.15) is 26.2 Å². The third-order valence-electron chi connectivity index (χ3n) is 2.88. The summed E-state index contributed by atoms with van der Waals surface area (Å²) in [6.45, 7) is 7.25. The zero-order chi connectivity index (χ0) is 10.6. The van der Waals surface area contributed by atoms with Crippen molar-refractivity contribution in [2.75, 3.05) is 13.1 Å². The van der Waals surface area contributed by atoms with E-state index in [1.165, 1.54) is 0 Å². The van der Waals surface area contributed by atoms with Gasteiger partial charge in [0.05, 0.1) is 0 Å². The summed E-state index contributed by atoms with van der Waals surface area (Å²) < 4.78 is 0. The molecule has 0 bridgehead atoms. The van der Waals surface area contributed by atoms with E-state index in [1.807, 2.05) is 4.90 Å². The maximum atomic E-state index is 11.7. The second-order valence-electron chi connectivity index (χ2n) is 4.06. The van der Waals surface area contributed by atoms with Gasteiger partial charge in [0.15, 0.2) is 0 Å². The topological polar surface area (TPSA) is 46.3 Å². The first-order chi connectivity index (χ1) is 6.69. The van der Waals surface area contributed by atoms with Crippen molar-refractivity contribution >= 4 is 5.91 Å². The van der Waals surface area contributed by atoms with E-state index in [1.54, 1.807) is 6.08 Å². The molecule has 0 aromatic carbocycles. The first-order valence-corrected chi connectivity index (χ1v) is 5.29. The molecule has 3 heteroatoms. The van der Waals surface area contributed by atoms with Gasteiger partial charge in [-0.1, -0.05) is 6.08 Å². The van der Waals surface area contributed by atoms with E-state index in [-0.39, 0.29) is 5.91 Å². The number of likely N-dealkylation sites (tertiary alicyclic amines) is 1. The maximum Gasteiger partial charge on any atom is 0.223 e. The van der Waals surface area contributed by atoms with Crippen molar-refractivity contribution in [2.45, 2.75) is 32.2 Å². The normalized spacial score (nSPS) is 26.6. The fourth-order valence-corrected chi connectivity index (χ4v) is 2.03. The molecule has 0 spiro atoms. The Morgan fingerprint density at radius 1 is 1.71 bits per heavy atom. The van der Waals surface area contributed by atoms with E-state index in [9.17, 15) is 4.79 Å². The Bertz CT molecular complexity index is 215. The van der Waals surface area contributed by atoms with Gasteiger partial charge in [-0.05, 0) is 32.2 Å². The van der Waals surface area contributed by atoms with Crippen molar-refractivity contribution in [1.82, 2.24) is 4.90 Å². The van der Waals surface area contributed by atoms with E-state index >= 15 is 0 Å². The number of carbonyl (C=O) groups excluding carboxylic acids is 1. The zero-order valence-electron chi connectivity index (χ0n) is 8.91. The van der Waals surface area contributed by atoms with Gasteiger partial charge in [0, 0.05) is 19.0 Å². The van der Waals surface area contributed by atoms with Crippen molar-refractivity contribution in [2.24, 2.45) is 11.7 Å². The molecule has 14 heavy (non-hydrogen) atoms. The molecule has 0 aromatic heterocycles. The molecule has 0 radical (unpaired) electrons. The van der Waals surface area contributed by atoms with E-state index in [2.05, 4.69) is 13.5 Å². The lowest BCUT2D eigenvalue weighted by Crippen LogP contribution is -2.34. The van der Waals surface area contributed by atoms with Crippen LogP contribution in [0.3, 0.4) is 0 Å². The summed E-state index contributed by atoms with van der Waals surface area (Å²) in [5.41, 5.74) is 5.60. The number of rotatable bonds is 4. The molecule has 1 heterocycles. The van der Waals surface area contributed by atoms with Gasteiger partial charge >= 0.3 is 0 Å². The summed E-state index contributed by atoms with van der Waals surface area (Å²) in [7, 11) is 0. The van der Waals surface area contributed by atoms with Crippen LogP contribution in [0.25, 0.3) is 0 Å². The van der Waals surface area contributed by atoms with Crippen molar-refractivity contribution in [3.8, 4) is 0 Å². The standard InChI is InChI=1S/C11H20N2O/c1-3-4-5-11(14)13-8-10(7-12)6-9(13)2/h3,9-10H,1,4-8,12H2,2H3. The largest absolute Gasteiger partial charge is 0.340 e. The van der Waals surface area contributed by atoms with Gasteiger partial charge in [-0.25, -0.2) is 0 Å². The molecule has 1 aliphatic rings. The summed E-state index contributed by atoms with van der Waals surface area (Å²) in [4.78, 5) is 13.7. The van der Waals surface area contributed by atoms with Crippen LogP contribution in [0.4, 0.5) is 0 Å². The first-order valence-electron chi connectivity index (χ1n) is 5.29. The minimum absolute atomic E-state index is 0.244. The number of nitrogens with two attached hydrogens (primary N) is 1. The van der Waals surface area contributed by atoms with Crippen LogP contribution in [0.15, 0.2) is 12.7 Å². The summed E-state index contributed by atoms with van der Waals surface area (Å²) in [6.07, 6.45) is 4.20. The molecule has 0 aliphatic carbocycles. The van der Waals surface area contributed by atoms with Crippen LogP contribution in [-0.2, 0) is 4.79 Å². The van der Waals surface area contributed by atoms with Crippen LogP contribution in [-0.4, -0.2) is 29.9 Å². The molecule has 2 unspecified atom stereocenters.